The van der Waals surface area contributed by atoms with E-state index in [-0.39, 0.29) is 5.82 Å². The number of anilines is 1. The minimum absolute atomic E-state index is 0.248. The van der Waals surface area contributed by atoms with E-state index >= 15 is 0 Å². The van der Waals surface area contributed by atoms with Crippen molar-refractivity contribution in [3.63, 3.8) is 0 Å². The van der Waals surface area contributed by atoms with Gasteiger partial charge in [0.1, 0.15) is 24.1 Å². The van der Waals surface area contributed by atoms with E-state index in [2.05, 4.69) is 15.0 Å². The standard InChI is InChI=1S/C18H30N7O3/c19-7-5-3-1-2-4-6-11(20)8-12-14(26)15(27)18(28-12)25-10-24-13-16(21)22-9-23-17(13)25/h9-10,12,14-15,18,26-27H,1-8,19-20H2,(H2,21,22,23)/t12-,14-,15-,18-/m1/s1. The fraction of sp³-hybridized carbons (Fsp3) is 0.667. The van der Waals surface area contributed by atoms with Gasteiger partial charge in [-0.3, -0.25) is 4.57 Å². The number of hydrogen-bond donors (Lipinski definition) is 5. The Labute approximate surface area is 164 Å². The van der Waals surface area contributed by atoms with Gasteiger partial charge in [-0.1, -0.05) is 25.7 Å². The minimum Gasteiger partial charge on any atom is -0.388 e. The molecule has 0 amide bonds. The Kier molecular flexibility index (Phi) is 7.13. The molecule has 2 aromatic heterocycles. The Balaban J connectivity index is 1.56. The van der Waals surface area contributed by atoms with Crippen molar-refractivity contribution in [2.75, 3.05) is 12.3 Å². The highest BCUT2D eigenvalue weighted by Crippen LogP contribution is 2.34. The van der Waals surface area contributed by atoms with Crippen LogP contribution in [0.4, 0.5) is 5.82 Å². The van der Waals surface area contributed by atoms with Crippen LogP contribution in [0.3, 0.4) is 0 Å². The molecule has 155 valence electrons. The van der Waals surface area contributed by atoms with E-state index < -0.39 is 24.5 Å². The predicted octanol–water partition coefficient (Wildman–Crippen LogP) is 0.208. The minimum atomic E-state index is -1.12. The molecule has 10 nitrogen and oxygen atoms in total. The van der Waals surface area contributed by atoms with Crippen LogP contribution < -0.4 is 17.2 Å². The summed E-state index contributed by atoms with van der Waals surface area (Å²) in [5, 5.41) is 20.9. The molecule has 1 fully saturated rings. The molecule has 0 aromatic carbocycles. The highest BCUT2D eigenvalue weighted by Gasteiger charge is 2.44. The van der Waals surface area contributed by atoms with E-state index in [4.69, 9.17) is 21.9 Å². The number of nitrogens with two attached hydrogens (primary N) is 3. The molecule has 8 N–H and O–H groups in total. The molecule has 4 atom stereocenters. The molecule has 1 aliphatic heterocycles. The van der Waals surface area contributed by atoms with Crippen molar-refractivity contribution in [2.45, 2.75) is 69.5 Å². The second-order valence-corrected chi connectivity index (χ2v) is 7.30. The third-order valence-corrected chi connectivity index (χ3v) is 5.16. The summed E-state index contributed by atoms with van der Waals surface area (Å²) in [5.41, 5.74) is 18.3. The quantitative estimate of drug-likeness (QED) is 0.354. The Morgan fingerprint density at radius 3 is 2.61 bits per heavy atom. The molecule has 1 saturated heterocycles. The van der Waals surface area contributed by atoms with E-state index in [1.54, 1.807) is 4.57 Å². The van der Waals surface area contributed by atoms with Crippen LogP contribution in [0.1, 0.15) is 51.2 Å². The summed E-state index contributed by atoms with van der Waals surface area (Å²) in [7, 11) is 0. The molecule has 10 heteroatoms. The molecule has 1 aliphatic rings. The predicted molar refractivity (Wildman–Crippen MR) is 104 cm³/mol. The van der Waals surface area contributed by atoms with Gasteiger partial charge in [-0.2, -0.15) is 0 Å². The average Bonchev–Trinajstić information content (AvgIpc) is 3.22. The molecule has 2 aromatic rings. The normalized spacial score (nSPS) is 25.2. The van der Waals surface area contributed by atoms with Crippen LogP contribution in [0, 0.1) is 6.04 Å². The van der Waals surface area contributed by atoms with Crippen molar-refractivity contribution in [3.05, 3.63) is 18.7 Å². The summed E-state index contributed by atoms with van der Waals surface area (Å²) >= 11 is 0. The van der Waals surface area contributed by atoms with Crippen LogP contribution in [-0.2, 0) is 4.74 Å². The lowest BCUT2D eigenvalue weighted by Gasteiger charge is -2.18. The lowest BCUT2D eigenvalue weighted by molar-refractivity contribution is -0.0361. The number of aliphatic hydroxyl groups is 2. The first-order valence-corrected chi connectivity index (χ1v) is 9.77. The third kappa shape index (κ3) is 4.58. The maximum absolute atomic E-state index is 10.5. The van der Waals surface area contributed by atoms with Crippen LogP contribution >= 0.6 is 0 Å². The first kappa shape index (κ1) is 20.9. The van der Waals surface area contributed by atoms with Gasteiger partial charge in [-0.15, -0.1) is 0 Å². The number of ether oxygens (including phenoxy) is 1. The number of unbranched alkanes of at least 4 members (excludes halogenated alkanes) is 4. The van der Waals surface area contributed by atoms with E-state index in [0.29, 0.717) is 17.6 Å². The van der Waals surface area contributed by atoms with Crippen molar-refractivity contribution >= 4 is 17.0 Å². The van der Waals surface area contributed by atoms with Gasteiger partial charge in [-0.05, 0) is 25.8 Å². The van der Waals surface area contributed by atoms with Gasteiger partial charge in [0.15, 0.2) is 17.7 Å². The summed E-state index contributed by atoms with van der Waals surface area (Å²) in [4.78, 5) is 12.2. The summed E-state index contributed by atoms with van der Waals surface area (Å²) in [6.45, 7) is 0.736. The maximum Gasteiger partial charge on any atom is 0.167 e. The van der Waals surface area contributed by atoms with Gasteiger partial charge in [0.05, 0.1) is 12.4 Å². The molecule has 0 spiro atoms. The molecule has 0 bridgehead atoms. The highest BCUT2D eigenvalue weighted by molar-refractivity contribution is 5.81. The van der Waals surface area contributed by atoms with E-state index in [9.17, 15) is 10.2 Å². The zero-order valence-corrected chi connectivity index (χ0v) is 15.9. The maximum atomic E-state index is 10.5. The number of fused-ring (bicyclic) bond motifs is 1. The molecule has 3 rings (SSSR count). The molecule has 28 heavy (non-hydrogen) atoms. The number of imidazole rings is 1. The highest BCUT2D eigenvalue weighted by atomic mass is 16.6. The van der Waals surface area contributed by atoms with Gasteiger partial charge in [0.2, 0.25) is 0 Å². The SMILES string of the molecule is NCCCCCCC[C](N)C[C@H]1O[C@@H](n2cnc3c(N)ncnc32)[C@H](O)[C@@H]1O. The second-order valence-electron chi connectivity index (χ2n) is 7.30. The van der Waals surface area contributed by atoms with Gasteiger partial charge in [0.25, 0.3) is 0 Å². The number of nitrogens with zero attached hydrogens (tertiary/aromatic N) is 4. The fourth-order valence-electron chi connectivity index (χ4n) is 3.57. The molecular formula is C18H30N7O3. The molecule has 3 heterocycles. The number of rotatable bonds is 10. The van der Waals surface area contributed by atoms with Crippen molar-refractivity contribution in [2.24, 2.45) is 11.5 Å². The van der Waals surface area contributed by atoms with E-state index in [1.165, 1.54) is 12.7 Å². The largest absolute Gasteiger partial charge is 0.388 e. The summed E-state index contributed by atoms with van der Waals surface area (Å²) in [5.74, 6) is 0.248. The van der Waals surface area contributed by atoms with Gasteiger partial charge >= 0.3 is 0 Å². The molecule has 0 saturated carbocycles. The summed E-state index contributed by atoms with van der Waals surface area (Å²) < 4.78 is 7.48. The molecule has 1 radical (unpaired) electrons. The van der Waals surface area contributed by atoms with E-state index in [1.807, 2.05) is 0 Å². The summed E-state index contributed by atoms with van der Waals surface area (Å²) in [6, 6.07) is 0.762. The molecule has 0 aliphatic carbocycles. The number of aliphatic hydroxyl groups excluding tert-OH is 2. The van der Waals surface area contributed by atoms with Gasteiger partial charge in [-0.25, -0.2) is 15.0 Å². The Morgan fingerprint density at radius 2 is 1.82 bits per heavy atom. The van der Waals surface area contributed by atoms with Crippen LogP contribution in [0.25, 0.3) is 11.2 Å². The Hall–Kier alpha value is -1.85. The van der Waals surface area contributed by atoms with Gasteiger partial charge in [0, 0.05) is 6.04 Å². The number of nitrogen functional groups attached to an aromatic ring is 1. The Morgan fingerprint density at radius 1 is 1.07 bits per heavy atom. The average molecular weight is 392 g/mol. The van der Waals surface area contributed by atoms with Crippen LogP contribution in [0.5, 0.6) is 0 Å². The zero-order valence-electron chi connectivity index (χ0n) is 15.9. The lowest BCUT2D eigenvalue weighted by Crippen LogP contribution is -2.33. The van der Waals surface area contributed by atoms with Crippen molar-refractivity contribution < 1.29 is 14.9 Å². The van der Waals surface area contributed by atoms with Crippen LogP contribution in [0.2, 0.25) is 0 Å². The Bertz CT molecular complexity index is 756. The smallest absolute Gasteiger partial charge is 0.167 e. The lowest BCUT2D eigenvalue weighted by atomic mass is 9.99. The molecule has 0 unspecified atom stereocenters. The van der Waals surface area contributed by atoms with Crippen LogP contribution in [0.15, 0.2) is 12.7 Å². The topological polar surface area (TPSA) is 171 Å². The molecular weight excluding hydrogens is 362 g/mol. The van der Waals surface area contributed by atoms with Gasteiger partial charge < -0.3 is 32.2 Å². The first-order valence-electron chi connectivity index (χ1n) is 9.77. The second kappa shape index (κ2) is 9.57. The zero-order chi connectivity index (χ0) is 20.1. The number of hydrogen-bond acceptors (Lipinski definition) is 9. The summed E-state index contributed by atoms with van der Waals surface area (Å²) in [6.07, 6.45) is 5.82. The van der Waals surface area contributed by atoms with Crippen molar-refractivity contribution in [1.29, 1.82) is 0 Å². The van der Waals surface area contributed by atoms with Crippen molar-refractivity contribution in [3.8, 4) is 0 Å². The van der Waals surface area contributed by atoms with E-state index in [0.717, 1.165) is 51.1 Å². The number of aromatic nitrogens is 4. The monoisotopic (exact) mass is 392 g/mol. The van der Waals surface area contributed by atoms with Crippen molar-refractivity contribution in [1.82, 2.24) is 19.5 Å². The van der Waals surface area contributed by atoms with Crippen LogP contribution in [-0.4, -0.2) is 54.6 Å². The first-order chi connectivity index (χ1) is 13.5. The third-order valence-electron chi connectivity index (χ3n) is 5.16. The fourth-order valence-corrected chi connectivity index (χ4v) is 3.57.